The van der Waals surface area contributed by atoms with E-state index in [9.17, 15) is 5.11 Å². The molecule has 2 saturated carbocycles. The monoisotopic (exact) mass is 382 g/mol. The number of fused-ring (bicyclic) bond motifs is 10. The second-order valence-corrected chi connectivity index (χ2v) is 10.3. The van der Waals surface area contributed by atoms with Crippen molar-refractivity contribution in [3.63, 3.8) is 0 Å². The fraction of sp³-hybridized carbons (Fsp3) is 0.429. The molecule has 0 aromatic heterocycles. The predicted octanol–water partition coefficient (Wildman–Crippen LogP) is 7.77. The van der Waals surface area contributed by atoms with Crippen LogP contribution in [0.5, 0.6) is 5.75 Å². The van der Waals surface area contributed by atoms with Gasteiger partial charge in [0.2, 0.25) is 0 Å². The molecule has 0 radical (unpaired) electrons. The van der Waals surface area contributed by atoms with Crippen LogP contribution in [0.25, 0.3) is 21.9 Å². The molecule has 0 amide bonds. The van der Waals surface area contributed by atoms with Crippen LogP contribution in [-0.4, -0.2) is 5.11 Å². The van der Waals surface area contributed by atoms with Gasteiger partial charge in [0, 0.05) is 5.39 Å². The van der Waals surface area contributed by atoms with Crippen LogP contribution in [0.1, 0.15) is 75.3 Å². The largest absolute Gasteiger partial charge is 0.507 e. The average molecular weight is 383 g/mol. The second kappa shape index (κ2) is 5.88. The molecule has 29 heavy (non-hydrogen) atoms. The minimum absolute atomic E-state index is 0.283. The average Bonchev–Trinajstić information content (AvgIpc) is 2.74. The highest BCUT2D eigenvalue weighted by molar-refractivity contribution is 6.03. The first-order valence-electron chi connectivity index (χ1n) is 11.4. The van der Waals surface area contributed by atoms with Gasteiger partial charge in [-0.15, -0.1) is 0 Å². The lowest BCUT2D eigenvalue weighted by Crippen LogP contribution is -2.50. The maximum atomic E-state index is 11.0. The van der Waals surface area contributed by atoms with E-state index in [0.29, 0.717) is 23.0 Å². The Bertz CT molecular complexity index is 1130. The van der Waals surface area contributed by atoms with Crippen LogP contribution in [0.4, 0.5) is 0 Å². The summed E-state index contributed by atoms with van der Waals surface area (Å²) in [6.45, 7) is 5.14. The van der Waals surface area contributed by atoms with Crippen LogP contribution < -0.4 is 0 Å². The zero-order valence-corrected chi connectivity index (χ0v) is 17.5. The number of phenolic OH excluding ortho intramolecular Hbond substituents is 1. The van der Waals surface area contributed by atoms with Gasteiger partial charge in [-0.1, -0.05) is 75.2 Å². The molecule has 0 aliphatic heterocycles. The van der Waals surface area contributed by atoms with Gasteiger partial charge in [0.15, 0.2) is 0 Å². The predicted molar refractivity (Wildman–Crippen MR) is 120 cm³/mol. The first-order chi connectivity index (χ1) is 14.0. The van der Waals surface area contributed by atoms with Gasteiger partial charge in [0.1, 0.15) is 5.75 Å². The van der Waals surface area contributed by atoms with Crippen molar-refractivity contribution in [2.75, 3.05) is 0 Å². The molecule has 1 N–H and O–H groups in total. The molecular weight excluding hydrogens is 352 g/mol. The van der Waals surface area contributed by atoms with E-state index in [1.54, 1.807) is 0 Å². The summed E-state index contributed by atoms with van der Waals surface area (Å²) in [5, 5.41) is 13.2. The summed E-state index contributed by atoms with van der Waals surface area (Å²) in [5.74, 6) is 1.50. The normalized spacial score (nSPS) is 32.8. The lowest BCUT2D eigenvalue weighted by atomic mass is 9.42. The molecule has 0 heterocycles. The van der Waals surface area contributed by atoms with Gasteiger partial charge in [-0.3, -0.25) is 0 Å². The Morgan fingerprint density at radius 3 is 2.41 bits per heavy atom. The van der Waals surface area contributed by atoms with E-state index in [-0.39, 0.29) is 5.41 Å². The van der Waals surface area contributed by atoms with Crippen LogP contribution in [0.15, 0.2) is 54.6 Å². The zero-order chi connectivity index (χ0) is 19.8. The van der Waals surface area contributed by atoms with E-state index < -0.39 is 0 Å². The van der Waals surface area contributed by atoms with E-state index >= 15 is 0 Å². The molecule has 1 heteroatoms. The molecule has 2 fully saturated rings. The molecule has 3 aromatic carbocycles. The summed E-state index contributed by atoms with van der Waals surface area (Å²) in [6, 6.07) is 19.6. The first kappa shape index (κ1) is 17.6. The molecule has 148 valence electrons. The summed E-state index contributed by atoms with van der Waals surface area (Å²) in [7, 11) is 0. The third-order valence-corrected chi connectivity index (χ3v) is 9.17. The summed E-state index contributed by atoms with van der Waals surface area (Å²) in [6.07, 6.45) is 7.96. The topological polar surface area (TPSA) is 20.2 Å². The zero-order valence-electron chi connectivity index (χ0n) is 17.5. The number of aromatic hydroxyl groups is 1. The third kappa shape index (κ3) is 2.17. The van der Waals surface area contributed by atoms with E-state index in [1.807, 2.05) is 6.07 Å². The van der Waals surface area contributed by atoms with E-state index in [4.69, 9.17) is 0 Å². The molecule has 0 bridgehead atoms. The summed E-state index contributed by atoms with van der Waals surface area (Å²) < 4.78 is 0. The molecule has 3 aromatic rings. The molecule has 1 nitrogen and oxygen atoms in total. The fourth-order valence-electron chi connectivity index (χ4n) is 7.49. The SMILES string of the molecule is CC12CCCCC1(C)C1c3cc(O)c4ccccc4c3-c3ccccc3C1CC2. The molecule has 6 rings (SSSR count). The van der Waals surface area contributed by atoms with Crippen LogP contribution in [0.3, 0.4) is 0 Å². The maximum Gasteiger partial charge on any atom is 0.123 e. The fourth-order valence-corrected chi connectivity index (χ4v) is 7.49. The van der Waals surface area contributed by atoms with Gasteiger partial charge < -0.3 is 5.11 Å². The minimum atomic E-state index is 0.283. The number of rotatable bonds is 0. The highest BCUT2D eigenvalue weighted by atomic mass is 16.3. The number of hydrogen-bond acceptors (Lipinski definition) is 1. The molecule has 3 aliphatic carbocycles. The summed E-state index contributed by atoms with van der Waals surface area (Å²) >= 11 is 0. The molecule has 4 atom stereocenters. The van der Waals surface area contributed by atoms with Crippen molar-refractivity contribution in [1.82, 2.24) is 0 Å². The van der Waals surface area contributed by atoms with Crippen LogP contribution in [-0.2, 0) is 0 Å². The third-order valence-electron chi connectivity index (χ3n) is 9.17. The highest BCUT2D eigenvalue weighted by Gasteiger charge is 2.58. The molecule has 0 spiro atoms. The highest BCUT2D eigenvalue weighted by Crippen LogP contribution is 2.70. The first-order valence-corrected chi connectivity index (χ1v) is 11.4. The number of phenols is 1. The van der Waals surface area contributed by atoms with E-state index in [2.05, 4.69) is 62.4 Å². The Balaban J connectivity index is 1.71. The Labute approximate surface area is 173 Å². The van der Waals surface area contributed by atoms with Crippen LogP contribution >= 0.6 is 0 Å². The number of hydrogen-bond donors (Lipinski definition) is 1. The lowest BCUT2D eigenvalue weighted by molar-refractivity contribution is -0.0553. The van der Waals surface area contributed by atoms with Gasteiger partial charge >= 0.3 is 0 Å². The van der Waals surface area contributed by atoms with Gasteiger partial charge in [-0.2, -0.15) is 0 Å². The van der Waals surface area contributed by atoms with Gasteiger partial charge in [0.05, 0.1) is 0 Å². The van der Waals surface area contributed by atoms with Crippen LogP contribution in [0, 0.1) is 10.8 Å². The van der Waals surface area contributed by atoms with Crippen molar-refractivity contribution in [3.05, 3.63) is 65.7 Å². The van der Waals surface area contributed by atoms with Crippen molar-refractivity contribution in [1.29, 1.82) is 0 Å². The Kier molecular flexibility index (Phi) is 3.56. The van der Waals surface area contributed by atoms with Crippen molar-refractivity contribution in [2.24, 2.45) is 10.8 Å². The van der Waals surface area contributed by atoms with Gasteiger partial charge in [0.25, 0.3) is 0 Å². The molecule has 0 saturated heterocycles. The second-order valence-electron chi connectivity index (χ2n) is 10.3. The maximum absolute atomic E-state index is 11.0. The minimum Gasteiger partial charge on any atom is -0.507 e. The van der Waals surface area contributed by atoms with Crippen molar-refractivity contribution in [2.45, 2.75) is 64.2 Å². The quantitative estimate of drug-likeness (QED) is 0.421. The smallest absolute Gasteiger partial charge is 0.123 e. The standard InChI is InChI=1S/C28H30O/c1-27-14-7-8-15-28(27,2)26-22(13-16-27)18-9-3-5-11-20(18)25-21-12-6-4-10-19(21)24(29)17-23(25)26/h3-6,9-12,17,22,26,29H,7-8,13-16H2,1-2H3. The van der Waals surface area contributed by atoms with Crippen molar-refractivity contribution >= 4 is 10.8 Å². The Hall–Kier alpha value is -2.28. The van der Waals surface area contributed by atoms with E-state index in [1.165, 1.54) is 66.2 Å². The van der Waals surface area contributed by atoms with Gasteiger partial charge in [-0.25, -0.2) is 0 Å². The molecule has 3 aliphatic rings. The van der Waals surface area contributed by atoms with Gasteiger partial charge in [-0.05, 0) is 82.1 Å². The van der Waals surface area contributed by atoms with E-state index in [0.717, 1.165) is 5.39 Å². The lowest BCUT2D eigenvalue weighted by Gasteiger charge is -2.61. The van der Waals surface area contributed by atoms with Crippen LogP contribution in [0.2, 0.25) is 0 Å². The van der Waals surface area contributed by atoms with Crippen molar-refractivity contribution in [3.8, 4) is 16.9 Å². The Morgan fingerprint density at radius 1 is 0.828 bits per heavy atom. The van der Waals surface area contributed by atoms with Crippen molar-refractivity contribution < 1.29 is 5.11 Å². The Morgan fingerprint density at radius 2 is 1.55 bits per heavy atom. The number of benzene rings is 3. The molecule has 4 unspecified atom stereocenters. The summed E-state index contributed by atoms with van der Waals surface area (Å²) in [4.78, 5) is 0. The molecular formula is C28H30O. The summed E-state index contributed by atoms with van der Waals surface area (Å²) in [5.41, 5.74) is 6.40.